The van der Waals surface area contributed by atoms with Gasteiger partial charge in [-0.25, -0.2) is 0 Å². The van der Waals surface area contributed by atoms with Crippen LogP contribution in [0.4, 0.5) is 0 Å². The average Bonchev–Trinajstić information content (AvgIpc) is 2.82. The van der Waals surface area contributed by atoms with Crippen LogP contribution in [0.3, 0.4) is 0 Å². The Kier molecular flexibility index (Phi) is 5.36. The minimum Gasteiger partial charge on any atom is -0.380 e. The van der Waals surface area contributed by atoms with Crippen LogP contribution in [0.2, 0.25) is 5.02 Å². The summed E-state index contributed by atoms with van der Waals surface area (Å²) in [4.78, 5) is 0. The molecule has 1 aromatic heterocycles. The Labute approximate surface area is 142 Å². The van der Waals surface area contributed by atoms with E-state index in [1.54, 1.807) is 0 Å². The Morgan fingerprint density at radius 1 is 1.35 bits per heavy atom. The molecule has 0 bridgehead atoms. The predicted octanol–water partition coefficient (Wildman–Crippen LogP) is 3.47. The molecule has 1 N–H and O–H groups in total. The molecule has 0 amide bonds. The van der Waals surface area contributed by atoms with Crippen molar-refractivity contribution >= 4 is 11.6 Å². The van der Waals surface area contributed by atoms with Crippen LogP contribution in [0.25, 0.3) is 0 Å². The van der Waals surface area contributed by atoms with Gasteiger partial charge in [0.15, 0.2) is 0 Å². The van der Waals surface area contributed by atoms with E-state index >= 15 is 0 Å². The quantitative estimate of drug-likeness (QED) is 0.910. The van der Waals surface area contributed by atoms with E-state index in [4.69, 9.17) is 21.4 Å². The molecule has 1 aromatic carbocycles. The molecule has 1 aliphatic rings. The summed E-state index contributed by atoms with van der Waals surface area (Å²) < 4.78 is 7.58. The average molecular weight is 334 g/mol. The maximum atomic E-state index is 6.27. The molecular formula is C18H24ClN3O. The lowest BCUT2D eigenvalue weighted by atomic mass is 10.1. The number of ether oxygens (including phenoxy) is 1. The van der Waals surface area contributed by atoms with Crippen LogP contribution in [0.1, 0.15) is 35.4 Å². The maximum Gasteiger partial charge on any atom is 0.0677 e. The van der Waals surface area contributed by atoms with E-state index < -0.39 is 0 Å². The number of hydrogen-bond donors (Lipinski definition) is 1. The molecular weight excluding hydrogens is 310 g/mol. The van der Waals surface area contributed by atoms with Gasteiger partial charge in [-0.2, -0.15) is 5.10 Å². The monoisotopic (exact) mass is 333 g/mol. The largest absolute Gasteiger partial charge is 0.380 e. The fourth-order valence-electron chi connectivity index (χ4n) is 3.08. The van der Waals surface area contributed by atoms with Gasteiger partial charge in [-0.05, 0) is 38.3 Å². The molecule has 0 spiro atoms. The SMILES string of the molecule is Cc1nn(Cc2ccccc2Cl)c(C)c1CNC1CCCOC1. The lowest BCUT2D eigenvalue weighted by Crippen LogP contribution is -2.36. The standard InChI is InChI=1S/C18H24ClN3O/c1-13-17(10-20-16-7-5-9-23-12-16)14(2)22(21-13)11-15-6-3-4-8-18(15)19/h3-4,6,8,16,20H,5,7,9-12H2,1-2H3. The van der Waals surface area contributed by atoms with Gasteiger partial charge in [-0.3, -0.25) is 4.68 Å². The fraction of sp³-hybridized carbons (Fsp3) is 0.500. The van der Waals surface area contributed by atoms with Gasteiger partial charge in [-0.15, -0.1) is 0 Å². The van der Waals surface area contributed by atoms with E-state index in [1.807, 2.05) is 22.9 Å². The second-order valence-electron chi connectivity index (χ2n) is 6.19. The second-order valence-corrected chi connectivity index (χ2v) is 6.60. The Balaban J connectivity index is 1.70. The van der Waals surface area contributed by atoms with Crippen molar-refractivity contribution in [3.63, 3.8) is 0 Å². The summed E-state index contributed by atoms with van der Waals surface area (Å²) in [6.07, 6.45) is 2.33. The number of benzene rings is 1. The van der Waals surface area contributed by atoms with Crippen molar-refractivity contribution < 1.29 is 4.74 Å². The highest BCUT2D eigenvalue weighted by Gasteiger charge is 2.16. The minimum absolute atomic E-state index is 0.453. The third-order valence-electron chi connectivity index (χ3n) is 4.54. The van der Waals surface area contributed by atoms with Gasteiger partial charge in [0, 0.05) is 35.5 Å². The predicted molar refractivity (Wildman–Crippen MR) is 92.9 cm³/mol. The van der Waals surface area contributed by atoms with E-state index in [0.717, 1.165) is 42.5 Å². The van der Waals surface area contributed by atoms with Crippen LogP contribution in [0.5, 0.6) is 0 Å². The highest BCUT2D eigenvalue weighted by molar-refractivity contribution is 6.31. The number of hydrogen-bond acceptors (Lipinski definition) is 3. The van der Waals surface area contributed by atoms with E-state index in [1.165, 1.54) is 17.7 Å². The van der Waals surface area contributed by atoms with Crippen molar-refractivity contribution in [1.82, 2.24) is 15.1 Å². The molecule has 23 heavy (non-hydrogen) atoms. The Bertz CT molecular complexity index is 662. The smallest absolute Gasteiger partial charge is 0.0677 e. The number of nitrogens with one attached hydrogen (secondary N) is 1. The summed E-state index contributed by atoms with van der Waals surface area (Å²) in [5, 5.41) is 9.09. The number of halogens is 1. The summed E-state index contributed by atoms with van der Waals surface area (Å²) >= 11 is 6.27. The summed E-state index contributed by atoms with van der Waals surface area (Å²) in [6.45, 7) is 7.46. The van der Waals surface area contributed by atoms with Gasteiger partial charge in [0.2, 0.25) is 0 Å². The minimum atomic E-state index is 0.453. The zero-order valence-corrected chi connectivity index (χ0v) is 14.6. The molecule has 1 aliphatic heterocycles. The van der Waals surface area contributed by atoms with Crippen LogP contribution in [0.15, 0.2) is 24.3 Å². The van der Waals surface area contributed by atoms with E-state index in [9.17, 15) is 0 Å². The molecule has 4 nitrogen and oxygen atoms in total. The molecule has 1 atom stereocenters. The van der Waals surface area contributed by atoms with Gasteiger partial charge in [-0.1, -0.05) is 29.8 Å². The Morgan fingerprint density at radius 3 is 2.91 bits per heavy atom. The molecule has 124 valence electrons. The van der Waals surface area contributed by atoms with Crippen molar-refractivity contribution in [3.8, 4) is 0 Å². The van der Waals surface area contributed by atoms with Crippen molar-refractivity contribution in [2.24, 2.45) is 0 Å². The van der Waals surface area contributed by atoms with Gasteiger partial charge in [0.1, 0.15) is 0 Å². The maximum absolute atomic E-state index is 6.27. The van der Waals surface area contributed by atoms with Crippen LogP contribution < -0.4 is 5.32 Å². The van der Waals surface area contributed by atoms with Gasteiger partial charge in [0.05, 0.1) is 18.8 Å². The molecule has 2 aromatic rings. The number of aromatic nitrogens is 2. The fourth-order valence-corrected chi connectivity index (χ4v) is 3.28. The summed E-state index contributed by atoms with van der Waals surface area (Å²) in [6, 6.07) is 8.39. The summed E-state index contributed by atoms with van der Waals surface area (Å²) in [5.74, 6) is 0. The first-order valence-corrected chi connectivity index (χ1v) is 8.60. The van der Waals surface area contributed by atoms with Gasteiger partial charge < -0.3 is 10.1 Å². The normalized spacial score (nSPS) is 18.3. The first kappa shape index (κ1) is 16.5. The van der Waals surface area contributed by atoms with Crippen LogP contribution >= 0.6 is 11.6 Å². The van der Waals surface area contributed by atoms with Crippen molar-refractivity contribution in [2.75, 3.05) is 13.2 Å². The second kappa shape index (κ2) is 7.47. The molecule has 0 aliphatic carbocycles. The molecule has 1 saturated heterocycles. The first-order valence-electron chi connectivity index (χ1n) is 8.22. The zero-order valence-electron chi connectivity index (χ0n) is 13.8. The van der Waals surface area contributed by atoms with Gasteiger partial charge in [0.25, 0.3) is 0 Å². The third kappa shape index (κ3) is 3.94. The summed E-state index contributed by atoms with van der Waals surface area (Å²) in [7, 11) is 0. The lowest BCUT2D eigenvalue weighted by molar-refractivity contribution is 0.0699. The molecule has 0 saturated carbocycles. The third-order valence-corrected chi connectivity index (χ3v) is 4.91. The van der Waals surface area contributed by atoms with Crippen molar-refractivity contribution in [3.05, 3.63) is 51.8 Å². The molecule has 0 radical (unpaired) electrons. The zero-order chi connectivity index (χ0) is 16.2. The topological polar surface area (TPSA) is 39.1 Å². The number of aryl methyl sites for hydroxylation is 1. The summed E-state index contributed by atoms with van der Waals surface area (Å²) in [5.41, 5.74) is 4.66. The van der Waals surface area contributed by atoms with E-state index in [0.29, 0.717) is 12.6 Å². The molecule has 1 fully saturated rings. The van der Waals surface area contributed by atoms with Crippen LogP contribution in [-0.4, -0.2) is 29.0 Å². The number of nitrogens with zero attached hydrogens (tertiary/aromatic N) is 2. The first-order chi connectivity index (χ1) is 11.1. The molecule has 5 heteroatoms. The highest BCUT2D eigenvalue weighted by atomic mass is 35.5. The Morgan fingerprint density at radius 2 is 2.17 bits per heavy atom. The van der Waals surface area contributed by atoms with Gasteiger partial charge >= 0.3 is 0 Å². The molecule has 2 heterocycles. The van der Waals surface area contributed by atoms with Crippen molar-refractivity contribution in [2.45, 2.75) is 45.8 Å². The molecule has 3 rings (SSSR count). The van der Waals surface area contributed by atoms with E-state index in [-0.39, 0.29) is 0 Å². The van der Waals surface area contributed by atoms with Crippen LogP contribution in [-0.2, 0) is 17.8 Å². The van der Waals surface area contributed by atoms with Crippen molar-refractivity contribution in [1.29, 1.82) is 0 Å². The molecule has 1 unspecified atom stereocenters. The lowest BCUT2D eigenvalue weighted by Gasteiger charge is -2.23. The number of rotatable bonds is 5. The Hall–Kier alpha value is -1.36. The highest BCUT2D eigenvalue weighted by Crippen LogP contribution is 2.19. The van der Waals surface area contributed by atoms with E-state index in [2.05, 4.69) is 25.2 Å². The van der Waals surface area contributed by atoms with Crippen LogP contribution in [0, 0.1) is 13.8 Å².